The number of halogens is 2. The van der Waals surface area contributed by atoms with Gasteiger partial charge in [0, 0.05) is 17.1 Å². The van der Waals surface area contributed by atoms with Crippen LogP contribution in [0, 0.1) is 0 Å². The number of carbonyl (C=O) groups is 1. The summed E-state index contributed by atoms with van der Waals surface area (Å²) < 4.78 is 10.9. The highest BCUT2D eigenvalue weighted by atomic mass is 35.5. The lowest BCUT2D eigenvalue weighted by molar-refractivity contribution is -0.123. The van der Waals surface area contributed by atoms with Crippen LogP contribution in [0.25, 0.3) is 0 Å². The monoisotopic (exact) mass is 402 g/mol. The highest BCUT2D eigenvalue weighted by molar-refractivity contribution is 7.10. The number of carbonyl (C=O) groups excluding carboxylic acids is 1. The van der Waals surface area contributed by atoms with Gasteiger partial charge in [-0.3, -0.25) is 4.79 Å². The van der Waals surface area contributed by atoms with E-state index in [1.54, 1.807) is 17.6 Å². The standard InChI is InChI=1S/C16H16Cl2N2O4S/c17-9-5-12(18)11(13(6-9)23-4-2-21)7-19-15(22)10-1-3-24-16-14(10)25-8-20-16/h5-6,8,10,21H,1-4,7H2,(H,19,22). The van der Waals surface area contributed by atoms with Crippen LogP contribution in [0.3, 0.4) is 0 Å². The number of nitrogens with zero attached hydrogens (tertiary/aromatic N) is 1. The third-order valence-corrected chi connectivity index (χ3v) is 5.23. The maximum absolute atomic E-state index is 12.6. The second kappa shape index (κ2) is 8.23. The topological polar surface area (TPSA) is 80.7 Å². The van der Waals surface area contributed by atoms with Crippen molar-refractivity contribution in [2.24, 2.45) is 0 Å². The molecule has 6 nitrogen and oxygen atoms in total. The SMILES string of the molecule is O=C(NCc1c(Cl)cc(Cl)cc1OCCO)C1CCOc2ncsc21. The van der Waals surface area contributed by atoms with Crippen molar-refractivity contribution in [2.45, 2.75) is 18.9 Å². The third-order valence-electron chi connectivity index (χ3n) is 3.75. The fraction of sp³-hybridized carbons (Fsp3) is 0.375. The van der Waals surface area contributed by atoms with Gasteiger partial charge in [0.2, 0.25) is 11.8 Å². The van der Waals surface area contributed by atoms with Crippen LogP contribution in [-0.4, -0.2) is 35.8 Å². The van der Waals surface area contributed by atoms with Gasteiger partial charge < -0.3 is 19.9 Å². The highest BCUT2D eigenvalue weighted by Crippen LogP contribution is 2.36. The number of hydrogen-bond donors (Lipinski definition) is 2. The predicted molar refractivity (Wildman–Crippen MR) is 95.9 cm³/mol. The molecular weight excluding hydrogens is 387 g/mol. The molecule has 9 heteroatoms. The smallest absolute Gasteiger partial charge is 0.228 e. The maximum Gasteiger partial charge on any atom is 0.228 e. The Morgan fingerprint density at radius 2 is 2.32 bits per heavy atom. The van der Waals surface area contributed by atoms with Crippen molar-refractivity contribution < 1.29 is 19.4 Å². The van der Waals surface area contributed by atoms with E-state index in [0.29, 0.717) is 40.3 Å². The Bertz CT molecular complexity index is 769. The number of nitrogens with one attached hydrogen (secondary N) is 1. The number of benzene rings is 1. The summed E-state index contributed by atoms with van der Waals surface area (Å²) in [6, 6.07) is 3.20. The summed E-state index contributed by atoms with van der Waals surface area (Å²) in [5.41, 5.74) is 2.29. The first kappa shape index (κ1) is 18.3. The molecule has 1 aliphatic heterocycles. The molecule has 1 amide bonds. The molecule has 3 rings (SSSR count). The quantitative estimate of drug-likeness (QED) is 0.775. The molecule has 25 heavy (non-hydrogen) atoms. The number of thiazole rings is 1. The third kappa shape index (κ3) is 4.17. The van der Waals surface area contributed by atoms with Crippen LogP contribution < -0.4 is 14.8 Å². The van der Waals surface area contributed by atoms with E-state index in [-0.39, 0.29) is 31.6 Å². The lowest BCUT2D eigenvalue weighted by atomic mass is 10.0. The average molecular weight is 403 g/mol. The Hall–Kier alpha value is -1.54. The van der Waals surface area contributed by atoms with Crippen molar-refractivity contribution >= 4 is 40.4 Å². The van der Waals surface area contributed by atoms with E-state index in [9.17, 15) is 4.79 Å². The van der Waals surface area contributed by atoms with Gasteiger partial charge in [-0.05, 0) is 18.6 Å². The highest BCUT2D eigenvalue weighted by Gasteiger charge is 2.30. The number of fused-ring (bicyclic) bond motifs is 1. The molecule has 1 atom stereocenters. The molecule has 0 fully saturated rings. The fourth-order valence-corrected chi connectivity index (χ4v) is 3.98. The minimum absolute atomic E-state index is 0.113. The number of hydrogen-bond acceptors (Lipinski definition) is 6. The lowest BCUT2D eigenvalue weighted by Gasteiger charge is -2.21. The van der Waals surface area contributed by atoms with Gasteiger partial charge >= 0.3 is 0 Å². The molecule has 1 unspecified atom stereocenters. The molecule has 1 aliphatic rings. The molecule has 2 heterocycles. The van der Waals surface area contributed by atoms with Gasteiger partial charge in [-0.15, -0.1) is 11.3 Å². The average Bonchev–Trinajstić information content (AvgIpc) is 3.07. The summed E-state index contributed by atoms with van der Waals surface area (Å²) in [6.07, 6.45) is 0.600. The van der Waals surface area contributed by atoms with Gasteiger partial charge in [-0.2, -0.15) is 0 Å². The van der Waals surface area contributed by atoms with Crippen LogP contribution in [0.15, 0.2) is 17.6 Å². The maximum atomic E-state index is 12.6. The van der Waals surface area contributed by atoms with Gasteiger partial charge in [0.15, 0.2) is 0 Å². The zero-order valence-corrected chi connectivity index (χ0v) is 15.5. The number of rotatable bonds is 6. The van der Waals surface area contributed by atoms with E-state index in [1.165, 1.54) is 11.3 Å². The van der Waals surface area contributed by atoms with Crippen LogP contribution in [0.1, 0.15) is 22.8 Å². The van der Waals surface area contributed by atoms with Gasteiger partial charge in [-0.1, -0.05) is 23.2 Å². The van der Waals surface area contributed by atoms with E-state index in [2.05, 4.69) is 10.3 Å². The molecule has 0 spiro atoms. The predicted octanol–water partition coefficient (Wildman–Crippen LogP) is 3.00. The van der Waals surface area contributed by atoms with Crippen molar-refractivity contribution in [3.63, 3.8) is 0 Å². The normalized spacial score (nSPS) is 16.0. The minimum atomic E-state index is -0.288. The van der Waals surface area contributed by atoms with Crippen LogP contribution in [0.2, 0.25) is 10.0 Å². The summed E-state index contributed by atoms with van der Waals surface area (Å²) >= 11 is 13.6. The first-order valence-corrected chi connectivity index (χ1v) is 9.29. The molecule has 0 aliphatic carbocycles. The molecule has 2 N–H and O–H groups in total. The van der Waals surface area contributed by atoms with Gasteiger partial charge in [-0.25, -0.2) is 4.98 Å². The molecule has 0 bridgehead atoms. The summed E-state index contributed by atoms with van der Waals surface area (Å²) in [5, 5.41) is 12.6. The number of ether oxygens (including phenoxy) is 2. The number of aliphatic hydroxyl groups excluding tert-OH is 1. The van der Waals surface area contributed by atoms with Gasteiger partial charge in [0.05, 0.1) is 34.5 Å². The molecule has 0 saturated carbocycles. The Kier molecular flexibility index (Phi) is 6.01. The summed E-state index contributed by atoms with van der Waals surface area (Å²) in [6.45, 7) is 0.635. The van der Waals surface area contributed by atoms with E-state index in [4.69, 9.17) is 37.8 Å². The van der Waals surface area contributed by atoms with Crippen LogP contribution in [0.4, 0.5) is 0 Å². The lowest BCUT2D eigenvalue weighted by Crippen LogP contribution is -2.31. The Balaban J connectivity index is 1.73. The van der Waals surface area contributed by atoms with Crippen molar-refractivity contribution in [3.8, 4) is 11.6 Å². The summed E-state index contributed by atoms with van der Waals surface area (Å²) in [4.78, 5) is 17.5. The molecule has 1 aromatic heterocycles. The molecule has 2 aromatic rings. The van der Waals surface area contributed by atoms with Crippen LogP contribution in [0.5, 0.6) is 11.6 Å². The molecule has 1 aromatic carbocycles. The van der Waals surface area contributed by atoms with E-state index in [0.717, 1.165) is 4.88 Å². The van der Waals surface area contributed by atoms with Crippen LogP contribution in [-0.2, 0) is 11.3 Å². The zero-order chi connectivity index (χ0) is 17.8. The van der Waals surface area contributed by atoms with Crippen molar-refractivity contribution in [2.75, 3.05) is 19.8 Å². The second-order valence-corrected chi connectivity index (χ2v) is 7.10. The molecular formula is C16H16Cl2N2O4S. The number of aromatic nitrogens is 1. The van der Waals surface area contributed by atoms with Crippen molar-refractivity contribution in [1.82, 2.24) is 10.3 Å². The molecule has 134 valence electrons. The molecule has 0 saturated heterocycles. The minimum Gasteiger partial charge on any atom is -0.491 e. The molecule has 0 radical (unpaired) electrons. The Labute approximate surface area is 158 Å². The zero-order valence-electron chi connectivity index (χ0n) is 13.1. The van der Waals surface area contributed by atoms with E-state index in [1.807, 2.05) is 0 Å². The Morgan fingerprint density at radius 3 is 3.12 bits per heavy atom. The van der Waals surface area contributed by atoms with E-state index >= 15 is 0 Å². The van der Waals surface area contributed by atoms with Gasteiger partial charge in [0.1, 0.15) is 12.4 Å². The van der Waals surface area contributed by atoms with Crippen LogP contribution >= 0.6 is 34.5 Å². The number of aliphatic hydroxyl groups is 1. The second-order valence-electron chi connectivity index (χ2n) is 5.37. The van der Waals surface area contributed by atoms with E-state index < -0.39 is 0 Å². The Morgan fingerprint density at radius 1 is 1.48 bits per heavy atom. The number of amides is 1. The first-order valence-electron chi connectivity index (χ1n) is 7.65. The first-order chi connectivity index (χ1) is 12.1. The van der Waals surface area contributed by atoms with Crippen molar-refractivity contribution in [3.05, 3.63) is 38.1 Å². The fourth-order valence-electron chi connectivity index (χ4n) is 2.57. The largest absolute Gasteiger partial charge is 0.491 e. The van der Waals surface area contributed by atoms with Gasteiger partial charge in [0.25, 0.3) is 0 Å². The summed E-state index contributed by atoms with van der Waals surface area (Å²) in [7, 11) is 0. The van der Waals surface area contributed by atoms with Crippen molar-refractivity contribution in [1.29, 1.82) is 0 Å². The summed E-state index contributed by atoms with van der Waals surface area (Å²) in [5.74, 6) is 0.572.